The molecule has 24 heavy (non-hydrogen) atoms. The van der Waals surface area contributed by atoms with Crippen LogP contribution in [0.1, 0.15) is 5.56 Å². The molecule has 3 aromatic rings. The van der Waals surface area contributed by atoms with Crippen molar-refractivity contribution in [2.75, 3.05) is 6.61 Å². The van der Waals surface area contributed by atoms with Gasteiger partial charge in [0.25, 0.3) is 0 Å². The highest BCUT2D eigenvalue weighted by atomic mass is 19.1. The summed E-state index contributed by atoms with van der Waals surface area (Å²) in [5.74, 6) is -0.0249. The van der Waals surface area contributed by atoms with Crippen molar-refractivity contribution in [1.82, 2.24) is 9.55 Å². The van der Waals surface area contributed by atoms with E-state index < -0.39 is 11.6 Å². The van der Waals surface area contributed by atoms with Gasteiger partial charge in [0, 0.05) is 12.4 Å². The van der Waals surface area contributed by atoms with Crippen molar-refractivity contribution in [1.29, 1.82) is 0 Å². The average molecular weight is 330 g/mol. The molecule has 0 saturated carbocycles. The fraction of sp³-hybridized carbons (Fsp3) is 0.167. The second-order valence-electron chi connectivity index (χ2n) is 5.11. The maximum atomic E-state index is 13.5. The molecule has 0 N–H and O–H groups in total. The normalized spacial score (nSPS) is 10.6. The molecule has 0 bridgehead atoms. The molecule has 6 heteroatoms. The van der Waals surface area contributed by atoms with E-state index in [0.29, 0.717) is 24.7 Å². The molecule has 0 amide bonds. The van der Waals surface area contributed by atoms with Gasteiger partial charge in [0.05, 0.1) is 18.4 Å². The third kappa shape index (κ3) is 4.10. The Hall–Kier alpha value is -2.89. The van der Waals surface area contributed by atoms with Crippen molar-refractivity contribution >= 4 is 0 Å². The van der Waals surface area contributed by atoms with Crippen LogP contribution in [0.15, 0.2) is 61.2 Å². The maximum Gasteiger partial charge on any atom is 0.132 e. The van der Waals surface area contributed by atoms with Gasteiger partial charge in [0.2, 0.25) is 0 Å². The first-order chi connectivity index (χ1) is 11.7. The van der Waals surface area contributed by atoms with E-state index in [1.807, 2.05) is 10.8 Å². The highest BCUT2D eigenvalue weighted by Gasteiger charge is 2.09. The van der Waals surface area contributed by atoms with Crippen molar-refractivity contribution in [3.63, 3.8) is 0 Å². The molecule has 0 unspecified atom stereocenters. The summed E-state index contributed by atoms with van der Waals surface area (Å²) in [5.41, 5.74) is -0.0850. The van der Waals surface area contributed by atoms with Crippen molar-refractivity contribution in [3.8, 4) is 11.5 Å². The molecular weight excluding hydrogens is 314 g/mol. The second kappa shape index (κ2) is 7.59. The van der Waals surface area contributed by atoms with Crippen LogP contribution in [0.25, 0.3) is 0 Å². The van der Waals surface area contributed by atoms with Crippen LogP contribution in [-0.4, -0.2) is 16.2 Å². The van der Waals surface area contributed by atoms with Crippen LogP contribution in [0.2, 0.25) is 0 Å². The Balaban J connectivity index is 1.51. The molecule has 0 fully saturated rings. The quantitative estimate of drug-likeness (QED) is 0.661. The minimum absolute atomic E-state index is 0.0850. The second-order valence-corrected chi connectivity index (χ2v) is 5.11. The summed E-state index contributed by atoms with van der Waals surface area (Å²) >= 11 is 0. The van der Waals surface area contributed by atoms with Gasteiger partial charge in [0.1, 0.15) is 36.3 Å². The lowest BCUT2D eigenvalue weighted by molar-refractivity contribution is 0.287. The van der Waals surface area contributed by atoms with E-state index in [9.17, 15) is 8.78 Å². The maximum absolute atomic E-state index is 13.5. The van der Waals surface area contributed by atoms with Crippen LogP contribution < -0.4 is 9.47 Å². The summed E-state index contributed by atoms with van der Waals surface area (Å²) in [4.78, 5) is 3.95. The van der Waals surface area contributed by atoms with Crippen LogP contribution >= 0.6 is 0 Å². The summed E-state index contributed by atoms with van der Waals surface area (Å²) in [6.07, 6.45) is 5.30. The van der Waals surface area contributed by atoms with Crippen LogP contribution in [0.3, 0.4) is 0 Å². The third-order valence-electron chi connectivity index (χ3n) is 3.45. The monoisotopic (exact) mass is 330 g/mol. The molecule has 0 spiro atoms. The molecular formula is C18H16F2N2O2. The molecule has 2 aromatic carbocycles. The Morgan fingerprint density at radius 1 is 0.917 bits per heavy atom. The lowest BCUT2D eigenvalue weighted by atomic mass is 10.2. The first-order valence-electron chi connectivity index (χ1n) is 7.46. The van der Waals surface area contributed by atoms with Crippen molar-refractivity contribution < 1.29 is 18.3 Å². The van der Waals surface area contributed by atoms with Crippen LogP contribution in [0.4, 0.5) is 8.78 Å². The number of rotatable bonds is 7. The molecule has 0 saturated heterocycles. The fourth-order valence-electron chi connectivity index (χ4n) is 2.15. The topological polar surface area (TPSA) is 36.3 Å². The van der Waals surface area contributed by atoms with Gasteiger partial charge in [-0.3, -0.25) is 0 Å². The smallest absolute Gasteiger partial charge is 0.132 e. The molecule has 0 aliphatic carbocycles. The molecule has 1 aromatic heterocycles. The highest BCUT2D eigenvalue weighted by Crippen LogP contribution is 2.20. The molecule has 4 nitrogen and oxygen atoms in total. The van der Waals surface area contributed by atoms with Crippen LogP contribution in [-0.2, 0) is 13.2 Å². The number of aromatic nitrogens is 2. The van der Waals surface area contributed by atoms with Crippen molar-refractivity contribution in [3.05, 3.63) is 78.4 Å². The van der Waals surface area contributed by atoms with Gasteiger partial charge < -0.3 is 14.0 Å². The molecule has 1 heterocycles. The molecule has 0 radical (unpaired) electrons. The van der Waals surface area contributed by atoms with E-state index in [1.165, 1.54) is 18.2 Å². The van der Waals surface area contributed by atoms with Crippen molar-refractivity contribution in [2.45, 2.75) is 13.2 Å². The molecule has 0 aliphatic heterocycles. The Labute approximate surface area is 138 Å². The number of hydrogen-bond donors (Lipinski definition) is 0. The zero-order valence-corrected chi connectivity index (χ0v) is 12.9. The van der Waals surface area contributed by atoms with Crippen LogP contribution in [0.5, 0.6) is 11.5 Å². The van der Waals surface area contributed by atoms with E-state index in [0.717, 1.165) is 0 Å². The number of ether oxygens (including phenoxy) is 2. The van der Waals surface area contributed by atoms with E-state index in [1.54, 1.807) is 36.8 Å². The van der Waals surface area contributed by atoms with Gasteiger partial charge >= 0.3 is 0 Å². The zero-order valence-electron chi connectivity index (χ0n) is 12.9. The number of nitrogens with zero attached hydrogens (tertiary/aromatic N) is 2. The van der Waals surface area contributed by atoms with E-state index in [4.69, 9.17) is 9.47 Å². The lowest BCUT2D eigenvalue weighted by Crippen LogP contribution is -2.06. The fourth-order valence-corrected chi connectivity index (χ4v) is 2.15. The zero-order chi connectivity index (χ0) is 16.8. The first kappa shape index (κ1) is 16.0. The van der Waals surface area contributed by atoms with Gasteiger partial charge in [-0.15, -0.1) is 0 Å². The average Bonchev–Trinajstić information content (AvgIpc) is 3.09. The summed E-state index contributed by atoms with van der Waals surface area (Å²) in [6.45, 7) is 1.04. The van der Waals surface area contributed by atoms with E-state index in [-0.39, 0.29) is 12.2 Å². The standard InChI is InChI=1S/C18H16F2N2O2/c19-17-2-1-3-18(20)16(17)12-24-15-6-4-14(5-7-15)23-11-10-22-9-8-21-13-22/h1-9,13H,10-12H2. The lowest BCUT2D eigenvalue weighted by Gasteiger charge is -2.10. The molecule has 124 valence electrons. The van der Waals surface area contributed by atoms with Crippen LogP contribution in [0, 0.1) is 11.6 Å². The van der Waals surface area contributed by atoms with Crippen molar-refractivity contribution in [2.24, 2.45) is 0 Å². The number of benzene rings is 2. The Morgan fingerprint density at radius 3 is 2.21 bits per heavy atom. The predicted octanol–water partition coefficient (Wildman–Crippen LogP) is 3.82. The Morgan fingerprint density at radius 2 is 1.58 bits per heavy atom. The first-order valence-corrected chi connectivity index (χ1v) is 7.46. The summed E-state index contributed by atoms with van der Waals surface area (Å²) in [7, 11) is 0. The van der Waals surface area contributed by atoms with E-state index in [2.05, 4.69) is 4.98 Å². The van der Waals surface area contributed by atoms with Gasteiger partial charge in [-0.2, -0.15) is 0 Å². The Bertz CT molecular complexity index is 754. The summed E-state index contributed by atoms with van der Waals surface area (Å²) in [6, 6.07) is 10.6. The SMILES string of the molecule is Fc1cccc(F)c1COc1ccc(OCCn2ccnc2)cc1. The molecule has 0 aliphatic rings. The summed E-state index contributed by atoms with van der Waals surface area (Å²) in [5, 5.41) is 0. The van der Waals surface area contributed by atoms with Gasteiger partial charge in [-0.1, -0.05) is 6.07 Å². The number of hydrogen-bond acceptors (Lipinski definition) is 3. The minimum atomic E-state index is -0.616. The third-order valence-corrected chi connectivity index (χ3v) is 3.45. The molecule has 0 atom stereocenters. The van der Waals surface area contributed by atoms with E-state index >= 15 is 0 Å². The predicted molar refractivity (Wildman–Crippen MR) is 84.9 cm³/mol. The molecule has 3 rings (SSSR count). The Kier molecular flexibility index (Phi) is 5.05. The minimum Gasteiger partial charge on any atom is -0.492 e. The largest absolute Gasteiger partial charge is 0.492 e. The highest BCUT2D eigenvalue weighted by molar-refractivity contribution is 5.31. The summed E-state index contributed by atoms with van der Waals surface area (Å²) < 4.78 is 40.0. The van der Waals surface area contributed by atoms with Gasteiger partial charge in [-0.05, 0) is 36.4 Å². The number of imidazole rings is 1. The van der Waals surface area contributed by atoms with Gasteiger partial charge in [0.15, 0.2) is 0 Å². The van der Waals surface area contributed by atoms with Gasteiger partial charge in [-0.25, -0.2) is 13.8 Å². The number of halogens is 2.